The van der Waals surface area contributed by atoms with Crippen LogP contribution in [-0.2, 0) is 14.8 Å². The number of halogens is 1. The fourth-order valence-electron chi connectivity index (χ4n) is 3.25. The van der Waals surface area contributed by atoms with E-state index in [1.165, 1.54) is 16.4 Å². The fourth-order valence-corrected chi connectivity index (χ4v) is 5.03. The van der Waals surface area contributed by atoms with E-state index in [0.29, 0.717) is 37.5 Å². The third-order valence-corrected chi connectivity index (χ3v) is 6.90. The quantitative estimate of drug-likeness (QED) is 0.802. The standard InChI is InChI=1S/C16H22ClN3O3S/c1-18-9-11-19(12-10-18)16(21)15-3-2-8-20(15)24(22,23)14-6-4-13(17)5-7-14/h4-7,15H,2-3,8-12H2,1H3/t15-/m0/s1. The first-order valence-electron chi connectivity index (χ1n) is 8.14. The molecule has 1 atom stereocenters. The van der Waals surface area contributed by atoms with Gasteiger partial charge in [-0.3, -0.25) is 4.79 Å². The van der Waals surface area contributed by atoms with E-state index in [1.54, 1.807) is 17.0 Å². The van der Waals surface area contributed by atoms with Gasteiger partial charge in [0.2, 0.25) is 15.9 Å². The van der Waals surface area contributed by atoms with Crippen LogP contribution in [0.4, 0.5) is 0 Å². The first-order valence-corrected chi connectivity index (χ1v) is 9.96. The molecule has 0 aromatic heterocycles. The maximum atomic E-state index is 12.9. The number of hydrogen-bond acceptors (Lipinski definition) is 4. The van der Waals surface area contributed by atoms with E-state index < -0.39 is 16.1 Å². The molecule has 2 aliphatic rings. The molecule has 132 valence electrons. The van der Waals surface area contributed by atoms with Gasteiger partial charge in [0.25, 0.3) is 0 Å². The minimum absolute atomic E-state index is 0.0712. The van der Waals surface area contributed by atoms with Gasteiger partial charge in [0.05, 0.1) is 4.90 Å². The number of likely N-dealkylation sites (N-methyl/N-ethyl adjacent to an activating group) is 1. The summed E-state index contributed by atoms with van der Waals surface area (Å²) in [5.41, 5.74) is 0. The second kappa shape index (κ2) is 7.00. The molecule has 0 unspecified atom stereocenters. The van der Waals surface area contributed by atoms with Gasteiger partial charge >= 0.3 is 0 Å². The molecule has 2 heterocycles. The van der Waals surface area contributed by atoms with Crippen molar-refractivity contribution in [3.63, 3.8) is 0 Å². The lowest BCUT2D eigenvalue weighted by atomic mass is 10.2. The Morgan fingerprint density at radius 2 is 1.71 bits per heavy atom. The van der Waals surface area contributed by atoms with Gasteiger partial charge in [0.15, 0.2) is 0 Å². The molecule has 0 spiro atoms. The van der Waals surface area contributed by atoms with E-state index in [-0.39, 0.29) is 10.8 Å². The number of carbonyl (C=O) groups excluding carboxylic acids is 1. The van der Waals surface area contributed by atoms with Gasteiger partial charge in [-0.1, -0.05) is 11.6 Å². The van der Waals surface area contributed by atoms with Crippen molar-refractivity contribution in [1.29, 1.82) is 0 Å². The van der Waals surface area contributed by atoms with Crippen molar-refractivity contribution in [3.8, 4) is 0 Å². The Bertz CT molecular complexity index is 700. The molecule has 2 fully saturated rings. The van der Waals surface area contributed by atoms with Crippen molar-refractivity contribution < 1.29 is 13.2 Å². The van der Waals surface area contributed by atoms with E-state index in [0.717, 1.165) is 13.1 Å². The number of amides is 1. The molecule has 24 heavy (non-hydrogen) atoms. The fraction of sp³-hybridized carbons (Fsp3) is 0.562. The molecule has 8 heteroatoms. The topological polar surface area (TPSA) is 60.9 Å². The predicted octanol–water partition coefficient (Wildman–Crippen LogP) is 1.27. The highest BCUT2D eigenvalue weighted by Crippen LogP contribution is 2.28. The summed E-state index contributed by atoms with van der Waals surface area (Å²) in [5.74, 6) is -0.0712. The molecule has 2 saturated heterocycles. The number of hydrogen-bond donors (Lipinski definition) is 0. The van der Waals surface area contributed by atoms with Crippen LogP contribution >= 0.6 is 11.6 Å². The zero-order valence-corrected chi connectivity index (χ0v) is 15.3. The Labute approximate surface area is 148 Å². The summed E-state index contributed by atoms with van der Waals surface area (Å²) < 4.78 is 27.2. The van der Waals surface area contributed by atoms with Gasteiger partial charge < -0.3 is 9.80 Å². The van der Waals surface area contributed by atoms with Crippen molar-refractivity contribution in [1.82, 2.24) is 14.1 Å². The van der Waals surface area contributed by atoms with Crippen LogP contribution in [0, 0.1) is 0 Å². The molecule has 0 bridgehead atoms. The van der Waals surface area contributed by atoms with E-state index in [2.05, 4.69) is 4.90 Å². The SMILES string of the molecule is CN1CCN(C(=O)[C@@H]2CCCN2S(=O)(=O)c2ccc(Cl)cc2)CC1. The lowest BCUT2D eigenvalue weighted by Gasteiger charge is -2.35. The molecule has 0 N–H and O–H groups in total. The number of piperazine rings is 1. The van der Waals surface area contributed by atoms with Crippen LogP contribution < -0.4 is 0 Å². The number of benzene rings is 1. The third-order valence-electron chi connectivity index (χ3n) is 4.72. The highest BCUT2D eigenvalue weighted by molar-refractivity contribution is 7.89. The van der Waals surface area contributed by atoms with Crippen LogP contribution in [0.15, 0.2) is 29.2 Å². The molecule has 1 aromatic carbocycles. The van der Waals surface area contributed by atoms with Crippen molar-refractivity contribution >= 4 is 27.5 Å². The molecule has 1 aromatic rings. The van der Waals surface area contributed by atoms with Gasteiger partial charge in [-0.2, -0.15) is 4.31 Å². The van der Waals surface area contributed by atoms with E-state index >= 15 is 0 Å². The number of rotatable bonds is 3. The van der Waals surface area contributed by atoms with Crippen LogP contribution in [0.2, 0.25) is 5.02 Å². The Morgan fingerprint density at radius 1 is 1.08 bits per heavy atom. The maximum absolute atomic E-state index is 12.9. The molecule has 6 nitrogen and oxygen atoms in total. The van der Waals surface area contributed by atoms with Crippen molar-refractivity contribution in [2.75, 3.05) is 39.8 Å². The molecular formula is C16H22ClN3O3S. The molecule has 3 rings (SSSR count). The monoisotopic (exact) mass is 371 g/mol. The Balaban J connectivity index is 1.79. The molecular weight excluding hydrogens is 350 g/mol. The predicted molar refractivity (Wildman–Crippen MR) is 92.4 cm³/mol. The van der Waals surface area contributed by atoms with E-state index in [1.807, 2.05) is 7.05 Å². The molecule has 0 aliphatic carbocycles. The second-order valence-electron chi connectivity index (χ2n) is 6.36. The summed E-state index contributed by atoms with van der Waals surface area (Å²) in [4.78, 5) is 17.0. The first kappa shape index (κ1) is 17.7. The van der Waals surface area contributed by atoms with Crippen LogP contribution in [0.3, 0.4) is 0 Å². The Kier molecular flexibility index (Phi) is 5.15. The number of sulfonamides is 1. The molecule has 0 saturated carbocycles. The lowest BCUT2D eigenvalue weighted by Crippen LogP contribution is -2.53. The molecule has 1 amide bonds. The zero-order valence-electron chi connectivity index (χ0n) is 13.7. The van der Waals surface area contributed by atoms with Gasteiger partial charge in [0.1, 0.15) is 6.04 Å². The highest BCUT2D eigenvalue weighted by atomic mass is 35.5. The number of carbonyl (C=O) groups is 1. The normalized spacial score (nSPS) is 23.6. The summed E-state index contributed by atoms with van der Waals surface area (Å²) in [7, 11) is -1.66. The van der Waals surface area contributed by atoms with Gasteiger partial charge in [-0.05, 0) is 44.2 Å². The third kappa shape index (κ3) is 3.44. The average molecular weight is 372 g/mol. The van der Waals surface area contributed by atoms with Gasteiger partial charge in [-0.25, -0.2) is 8.42 Å². The smallest absolute Gasteiger partial charge is 0.243 e. The Morgan fingerprint density at radius 3 is 2.33 bits per heavy atom. The summed E-state index contributed by atoms with van der Waals surface area (Å²) in [6, 6.07) is 5.51. The van der Waals surface area contributed by atoms with Crippen molar-refractivity contribution in [2.45, 2.75) is 23.8 Å². The summed E-state index contributed by atoms with van der Waals surface area (Å²) in [6.45, 7) is 3.33. The van der Waals surface area contributed by atoms with Gasteiger partial charge in [0, 0.05) is 37.7 Å². The largest absolute Gasteiger partial charge is 0.339 e. The molecule has 0 radical (unpaired) electrons. The van der Waals surface area contributed by atoms with E-state index in [4.69, 9.17) is 11.6 Å². The average Bonchev–Trinajstić information content (AvgIpc) is 3.06. The van der Waals surface area contributed by atoms with Crippen LogP contribution in [0.5, 0.6) is 0 Å². The van der Waals surface area contributed by atoms with Crippen LogP contribution in [-0.4, -0.2) is 74.2 Å². The highest BCUT2D eigenvalue weighted by Gasteiger charge is 2.41. The minimum atomic E-state index is -3.68. The van der Waals surface area contributed by atoms with Crippen LogP contribution in [0.25, 0.3) is 0 Å². The van der Waals surface area contributed by atoms with Gasteiger partial charge in [-0.15, -0.1) is 0 Å². The summed E-state index contributed by atoms with van der Waals surface area (Å²) >= 11 is 5.84. The van der Waals surface area contributed by atoms with Crippen LogP contribution in [0.1, 0.15) is 12.8 Å². The zero-order chi connectivity index (χ0) is 17.3. The van der Waals surface area contributed by atoms with E-state index in [9.17, 15) is 13.2 Å². The van der Waals surface area contributed by atoms with Crippen molar-refractivity contribution in [2.24, 2.45) is 0 Å². The maximum Gasteiger partial charge on any atom is 0.243 e. The minimum Gasteiger partial charge on any atom is -0.339 e. The Hall–Kier alpha value is -1.15. The first-order chi connectivity index (χ1) is 11.4. The molecule has 2 aliphatic heterocycles. The van der Waals surface area contributed by atoms with Crippen molar-refractivity contribution in [3.05, 3.63) is 29.3 Å². The lowest BCUT2D eigenvalue weighted by molar-refractivity contribution is -0.136. The summed E-state index contributed by atoms with van der Waals surface area (Å²) in [6.07, 6.45) is 1.29. The second-order valence-corrected chi connectivity index (χ2v) is 8.68. The summed E-state index contributed by atoms with van der Waals surface area (Å²) in [5, 5.41) is 0.487. The number of nitrogens with zero attached hydrogens (tertiary/aromatic N) is 3.